The van der Waals surface area contributed by atoms with E-state index in [0.717, 1.165) is 24.5 Å². The monoisotopic (exact) mass is 247 g/mol. The van der Waals surface area contributed by atoms with E-state index in [0.29, 0.717) is 6.04 Å². The first-order valence-corrected chi connectivity index (χ1v) is 6.77. The van der Waals surface area contributed by atoms with Crippen LogP contribution in [0.5, 0.6) is 0 Å². The summed E-state index contributed by atoms with van der Waals surface area (Å²) in [4.78, 5) is 9.86. The number of rotatable bonds is 5. The van der Waals surface area contributed by atoms with Crippen LogP contribution in [0.2, 0.25) is 0 Å². The van der Waals surface area contributed by atoms with Crippen molar-refractivity contribution in [1.82, 2.24) is 9.97 Å². The van der Waals surface area contributed by atoms with Crippen molar-refractivity contribution in [1.29, 1.82) is 0 Å². The van der Waals surface area contributed by atoms with E-state index in [-0.39, 0.29) is 0 Å². The molecule has 0 saturated carbocycles. The number of hydrogen-bond donors (Lipinski definition) is 1. The van der Waals surface area contributed by atoms with Crippen molar-refractivity contribution in [3.63, 3.8) is 0 Å². The van der Waals surface area contributed by atoms with Crippen LogP contribution in [0.15, 0.2) is 29.8 Å². The Balaban J connectivity index is 2.13. The van der Waals surface area contributed by atoms with Crippen molar-refractivity contribution in [2.75, 3.05) is 5.32 Å². The molecule has 1 atom stereocenters. The zero-order valence-corrected chi connectivity index (χ0v) is 11.0. The Morgan fingerprint density at radius 2 is 2.29 bits per heavy atom. The molecule has 3 nitrogen and oxygen atoms in total. The van der Waals surface area contributed by atoms with Crippen molar-refractivity contribution in [3.8, 4) is 0 Å². The van der Waals surface area contributed by atoms with Gasteiger partial charge >= 0.3 is 0 Å². The van der Waals surface area contributed by atoms with Gasteiger partial charge in [0.15, 0.2) is 0 Å². The van der Waals surface area contributed by atoms with Crippen LogP contribution < -0.4 is 5.32 Å². The number of nitrogens with zero attached hydrogens (tertiary/aromatic N) is 2. The average Bonchev–Trinajstić information content (AvgIpc) is 2.82. The van der Waals surface area contributed by atoms with Crippen LogP contribution in [-0.4, -0.2) is 9.97 Å². The Kier molecular flexibility index (Phi) is 4.09. The lowest BCUT2D eigenvalue weighted by molar-refractivity contribution is 0.683. The van der Waals surface area contributed by atoms with Crippen LogP contribution in [0.1, 0.15) is 36.5 Å². The summed E-state index contributed by atoms with van der Waals surface area (Å²) in [5, 5.41) is 5.60. The van der Waals surface area contributed by atoms with Crippen LogP contribution in [-0.2, 0) is 0 Å². The van der Waals surface area contributed by atoms with Crippen molar-refractivity contribution in [2.45, 2.75) is 32.7 Å². The third kappa shape index (κ3) is 3.27. The van der Waals surface area contributed by atoms with Gasteiger partial charge in [0.25, 0.3) is 0 Å². The normalized spacial score (nSPS) is 12.4. The van der Waals surface area contributed by atoms with E-state index in [1.807, 2.05) is 13.0 Å². The molecule has 90 valence electrons. The van der Waals surface area contributed by atoms with Gasteiger partial charge in [0.2, 0.25) is 0 Å². The summed E-state index contributed by atoms with van der Waals surface area (Å²) in [5.74, 6) is 1.71. The summed E-state index contributed by atoms with van der Waals surface area (Å²) in [6, 6.07) is 6.54. The largest absolute Gasteiger partial charge is 0.362 e. The molecule has 2 heterocycles. The third-order valence-electron chi connectivity index (χ3n) is 2.56. The second kappa shape index (κ2) is 5.77. The van der Waals surface area contributed by atoms with Gasteiger partial charge in [-0.1, -0.05) is 19.4 Å². The minimum absolute atomic E-state index is 0.356. The molecule has 2 aromatic heterocycles. The quantitative estimate of drug-likeness (QED) is 0.873. The average molecular weight is 247 g/mol. The fourth-order valence-corrected chi connectivity index (χ4v) is 2.59. The molecule has 4 heteroatoms. The first-order chi connectivity index (χ1) is 8.29. The lowest BCUT2D eigenvalue weighted by Crippen LogP contribution is -2.10. The molecule has 0 fully saturated rings. The number of aryl methyl sites for hydroxylation is 1. The summed E-state index contributed by atoms with van der Waals surface area (Å²) < 4.78 is 0. The Hall–Kier alpha value is -1.42. The maximum absolute atomic E-state index is 4.39. The lowest BCUT2D eigenvalue weighted by Gasteiger charge is -2.17. The lowest BCUT2D eigenvalue weighted by atomic mass is 10.1. The van der Waals surface area contributed by atoms with E-state index in [9.17, 15) is 0 Å². The predicted octanol–water partition coefficient (Wildman–Crippen LogP) is 3.80. The Labute approximate surface area is 106 Å². The molecule has 0 aliphatic rings. The maximum atomic E-state index is 4.39. The number of aromatic nitrogens is 2. The van der Waals surface area contributed by atoms with Crippen LogP contribution >= 0.6 is 11.3 Å². The molecule has 0 saturated heterocycles. The predicted molar refractivity (Wildman–Crippen MR) is 72.4 cm³/mol. The zero-order valence-electron chi connectivity index (χ0n) is 10.2. The fraction of sp³-hybridized carbons (Fsp3) is 0.385. The zero-order chi connectivity index (χ0) is 12.1. The van der Waals surface area contributed by atoms with E-state index < -0.39 is 0 Å². The van der Waals surface area contributed by atoms with Crippen molar-refractivity contribution < 1.29 is 0 Å². The van der Waals surface area contributed by atoms with E-state index >= 15 is 0 Å². The highest BCUT2D eigenvalue weighted by Gasteiger charge is 2.11. The molecule has 0 aromatic carbocycles. The summed E-state index contributed by atoms with van der Waals surface area (Å²) in [7, 11) is 0. The van der Waals surface area contributed by atoms with Gasteiger partial charge in [0.05, 0.1) is 6.04 Å². The number of hydrogen-bond acceptors (Lipinski definition) is 4. The highest BCUT2D eigenvalue weighted by Crippen LogP contribution is 2.26. The maximum Gasteiger partial charge on any atom is 0.130 e. The number of thiophene rings is 1. The second-order valence-electron chi connectivity index (χ2n) is 3.99. The third-order valence-corrected chi connectivity index (χ3v) is 3.55. The molecular weight excluding hydrogens is 230 g/mol. The smallest absolute Gasteiger partial charge is 0.130 e. The van der Waals surface area contributed by atoms with Crippen molar-refractivity contribution >= 4 is 17.2 Å². The highest BCUT2D eigenvalue weighted by molar-refractivity contribution is 7.10. The van der Waals surface area contributed by atoms with Crippen LogP contribution in [0, 0.1) is 6.92 Å². The summed E-state index contributed by atoms with van der Waals surface area (Å²) >= 11 is 1.79. The van der Waals surface area contributed by atoms with E-state index in [1.165, 1.54) is 4.88 Å². The summed E-state index contributed by atoms with van der Waals surface area (Å²) in [6.07, 6.45) is 4.06. The van der Waals surface area contributed by atoms with Gasteiger partial charge in [-0.25, -0.2) is 9.97 Å². The van der Waals surface area contributed by atoms with Crippen LogP contribution in [0.3, 0.4) is 0 Å². The topological polar surface area (TPSA) is 37.8 Å². The molecule has 2 rings (SSSR count). The van der Waals surface area contributed by atoms with E-state index in [2.05, 4.69) is 39.7 Å². The van der Waals surface area contributed by atoms with Gasteiger partial charge < -0.3 is 5.32 Å². The second-order valence-corrected chi connectivity index (χ2v) is 4.97. The summed E-state index contributed by atoms with van der Waals surface area (Å²) in [5.41, 5.74) is 0. The Bertz CT molecular complexity index is 453. The SMILES string of the molecule is CCCC(Nc1ccnc(C)n1)c1cccs1. The van der Waals surface area contributed by atoms with Crippen molar-refractivity contribution in [2.24, 2.45) is 0 Å². The standard InChI is InChI=1S/C13H17N3S/c1-3-5-11(12-6-4-9-17-12)16-13-7-8-14-10(2)15-13/h4,6-9,11H,3,5H2,1-2H3,(H,14,15,16). The minimum atomic E-state index is 0.356. The minimum Gasteiger partial charge on any atom is -0.362 e. The summed E-state index contributed by atoms with van der Waals surface area (Å²) in [6.45, 7) is 4.11. The van der Waals surface area contributed by atoms with Gasteiger partial charge in [-0.3, -0.25) is 0 Å². The van der Waals surface area contributed by atoms with Crippen molar-refractivity contribution in [3.05, 3.63) is 40.5 Å². The number of anilines is 1. The molecule has 17 heavy (non-hydrogen) atoms. The molecule has 1 N–H and O–H groups in total. The van der Waals surface area contributed by atoms with Gasteiger partial charge in [0.1, 0.15) is 11.6 Å². The van der Waals surface area contributed by atoms with Gasteiger partial charge in [-0.15, -0.1) is 11.3 Å². The molecule has 0 bridgehead atoms. The highest BCUT2D eigenvalue weighted by atomic mass is 32.1. The molecular formula is C13H17N3S. The molecule has 0 spiro atoms. The number of nitrogens with one attached hydrogen (secondary N) is 1. The van der Waals surface area contributed by atoms with E-state index in [1.54, 1.807) is 17.5 Å². The van der Waals surface area contributed by atoms with Gasteiger partial charge in [-0.05, 0) is 30.9 Å². The van der Waals surface area contributed by atoms with Gasteiger partial charge in [-0.2, -0.15) is 0 Å². The van der Waals surface area contributed by atoms with Crippen LogP contribution in [0.4, 0.5) is 5.82 Å². The Morgan fingerprint density at radius 3 is 2.94 bits per heavy atom. The molecule has 0 radical (unpaired) electrons. The van der Waals surface area contributed by atoms with E-state index in [4.69, 9.17) is 0 Å². The van der Waals surface area contributed by atoms with Gasteiger partial charge in [0, 0.05) is 11.1 Å². The van der Waals surface area contributed by atoms with Crippen LogP contribution in [0.25, 0.3) is 0 Å². The Morgan fingerprint density at radius 1 is 1.41 bits per heavy atom. The molecule has 0 amide bonds. The molecule has 1 unspecified atom stereocenters. The fourth-order valence-electron chi connectivity index (χ4n) is 1.78. The molecule has 0 aliphatic carbocycles. The first-order valence-electron chi connectivity index (χ1n) is 5.89. The first kappa shape index (κ1) is 12.0. The molecule has 2 aromatic rings. The molecule has 0 aliphatic heterocycles.